The van der Waals surface area contributed by atoms with Crippen LogP contribution < -0.4 is 26.4 Å². The number of hydrogen-bond acceptors (Lipinski definition) is 4. The van der Waals surface area contributed by atoms with Gasteiger partial charge in [0.05, 0.1) is 6.54 Å². The predicted octanol–water partition coefficient (Wildman–Crippen LogP) is 1.83. The Morgan fingerprint density at radius 3 is 2.52 bits per heavy atom. The highest BCUT2D eigenvalue weighted by Gasteiger charge is 2.04. The van der Waals surface area contributed by atoms with Crippen molar-refractivity contribution in [1.82, 2.24) is 16.0 Å². The highest BCUT2D eigenvalue weighted by Crippen LogP contribution is 2.14. The third kappa shape index (κ3) is 9.69. The molecular formula is C22H30IN5O3. The highest BCUT2D eigenvalue weighted by atomic mass is 127. The lowest BCUT2D eigenvalue weighted by atomic mass is 10.1. The Hall–Kier alpha value is -2.82. The summed E-state index contributed by atoms with van der Waals surface area (Å²) in [5, 5.41) is 9.15. The number of carbonyl (C=O) groups excluding carboxylic acids is 2. The summed E-state index contributed by atoms with van der Waals surface area (Å²) in [4.78, 5) is 27.2. The Bertz CT molecular complexity index is 889. The summed E-state index contributed by atoms with van der Waals surface area (Å²) in [5.41, 5.74) is 7.77. The van der Waals surface area contributed by atoms with Gasteiger partial charge in [-0.25, -0.2) is 4.99 Å². The fraction of sp³-hybridized carbons (Fsp3) is 0.318. The Kier molecular flexibility index (Phi) is 12.0. The van der Waals surface area contributed by atoms with Crippen LogP contribution in [0.15, 0.2) is 53.5 Å². The van der Waals surface area contributed by atoms with Crippen LogP contribution in [0.4, 0.5) is 0 Å². The number of guanidine groups is 1. The second-order valence-corrected chi connectivity index (χ2v) is 6.55. The van der Waals surface area contributed by atoms with E-state index in [1.165, 1.54) is 0 Å². The largest absolute Gasteiger partial charge is 0.484 e. The molecule has 5 N–H and O–H groups in total. The molecule has 2 aromatic carbocycles. The maximum Gasteiger partial charge on any atom is 0.255 e. The van der Waals surface area contributed by atoms with Gasteiger partial charge >= 0.3 is 0 Å². The van der Waals surface area contributed by atoms with Crippen molar-refractivity contribution in [2.45, 2.75) is 19.9 Å². The van der Waals surface area contributed by atoms with Crippen molar-refractivity contribution in [1.29, 1.82) is 0 Å². The Labute approximate surface area is 200 Å². The standard InChI is InChI=1S/C22H29N5O3.HI/c1-3-25-22(26-11-10-16-6-4-8-18(12-16)21(29)24-2)27-14-17-7-5-9-19(13-17)30-15-20(23)28;/h4-9,12-13H,3,10-11,14-15H2,1-2H3,(H2,23,28)(H,24,29)(H2,25,26,27);1H. The van der Waals surface area contributed by atoms with Crippen LogP contribution in [-0.2, 0) is 17.8 Å². The summed E-state index contributed by atoms with van der Waals surface area (Å²) in [7, 11) is 1.62. The number of benzene rings is 2. The molecule has 0 bridgehead atoms. The fourth-order valence-corrected chi connectivity index (χ4v) is 2.74. The molecule has 2 rings (SSSR count). The summed E-state index contributed by atoms with van der Waals surface area (Å²) in [6, 6.07) is 15.0. The third-order valence-electron chi connectivity index (χ3n) is 4.17. The van der Waals surface area contributed by atoms with Crippen LogP contribution in [0.5, 0.6) is 5.75 Å². The molecule has 0 radical (unpaired) electrons. The SMILES string of the molecule is CCNC(=NCc1cccc(OCC(N)=O)c1)NCCc1cccc(C(=O)NC)c1.I. The summed E-state index contributed by atoms with van der Waals surface area (Å²) in [6.07, 6.45) is 0.756. The Morgan fingerprint density at radius 1 is 1.06 bits per heavy atom. The number of amides is 2. The lowest BCUT2D eigenvalue weighted by molar-refractivity contribution is -0.119. The van der Waals surface area contributed by atoms with Gasteiger partial charge in [0, 0.05) is 25.7 Å². The van der Waals surface area contributed by atoms with E-state index in [1.54, 1.807) is 19.2 Å². The van der Waals surface area contributed by atoms with Crippen LogP contribution >= 0.6 is 24.0 Å². The van der Waals surface area contributed by atoms with Gasteiger partial charge < -0.3 is 26.4 Å². The monoisotopic (exact) mass is 539 g/mol. The van der Waals surface area contributed by atoms with E-state index in [0.717, 1.165) is 24.1 Å². The van der Waals surface area contributed by atoms with Gasteiger partial charge in [-0.15, -0.1) is 24.0 Å². The Morgan fingerprint density at radius 2 is 1.81 bits per heavy atom. The van der Waals surface area contributed by atoms with E-state index in [9.17, 15) is 9.59 Å². The van der Waals surface area contributed by atoms with E-state index in [0.29, 0.717) is 30.4 Å². The molecule has 168 valence electrons. The topological polar surface area (TPSA) is 118 Å². The summed E-state index contributed by atoms with van der Waals surface area (Å²) in [6.45, 7) is 3.71. The van der Waals surface area contributed by atoms with Gasteiger partial charge in [0.2, 0.25) is 0 Å². The molecule has 0 aliphatic rings. The molecule has 0 fully saturated rings. The number of rotatable bonds is 10. The van der Waals surface area contributed by atoms with Crippen molar-refractivity contribution in [2.75, 3.05) is 26.7 Å². The third-order valence-corrected chi connectivity index (χ3v) is 4.17. The number of carbonyl (C=O) groups is 2. The minimum atomic E-state index is -0.516. The molecule has 0 saturated carbocycles. The first-order valence-electron chi connectivity index (χ1n) is 9.85. The van der Waals surface area contributed by atoms with E-state index in [2.05, 4.69) is 20.9 Å². The molecule has 0 aliphatic heterocycles. The molecule has 0 aromatic heterocycles. The average molecular weight is 539 g/mol. The molecule has 2 aromatic rings. The highest BCUT2D eigenvalue weighted by molar-refractivity contribution is 14.0. The second-order valence-electron chi connectivity index (χ2n) is 6.55. The number of halogens is 1. The maximum absolute atomic E-state index is 11.8. The first-order valence-corrected chi connectivity index (χ1v) is 9.85. The van der Waals surface area contributed by atoms with Crippen molar-refractivity contribution in [3.8, 4) is 5.75 Å². The van der Waals surface area contributed by atoms with E-state index in [4.69, 9.17) is 10.5 Å². The quantitative estimate of drug-likeness (QED) is 0.209. The van der Waals surface area contributed by atoms with Crippen molar-refractivity contribution in [3.63, 3.8) is 0 Å². The molecular weight excluding hydrogens is 509 g/mol. The van der Waals surface area contributed by atoms with Crippen LogP contribution in [0.3, 0.4) is 0 Å². The molecule has 0 spiro atoms. The smallest absolute Gasteiger partial charge is 0.255 e. The van der Waals surface area contributed by atoms with Gasteiger partial charge in [0.25, 0.3) is 11.8 Å². The van der Waals surface area contributed by atoms with Crippen molar-refractivity contribution in [3.05, 3.63) is 65.2 Å². The van der Waals surface area contributed by atoms with Gasteiger partial charge in [-0.05, 0) is 48.7 Å². The summed E-state index contributed by atoms with van der Waals surface area (Å²) >= 11 is 0. The summed E-state index contributed by atoms with van der Waals surface area (Å²) < 4.78 is 5.33. The van der Waals surface area contributed by atoms with E-state index < -0.39 is 5.91 Å². The number of hydrogen-bond donors (Lipinski definition) is 4. The number of ether oxygens (including phenoxy) is 1. The molecule has 0 saturated heterocycles. The van der Waals surface area contributed by atoms with Crippen molar-refractivity contribution >= 4 is 41.8 Å². The zero-order chi connectivity index (χ0) is 21.8. The lowest BCUT2D eigenvalue weighted by Crippen LogP contribution is -2.38. The van der Waals surface area contributed by atoms with Crippen molar-refractivity contribution in [2.24, 2.45) is 10.7 Å². The number of nitrogens with two attached hydrogens (primary N) is 1. The van der Waals surface area contributed by atoms with E-state index in [1.807, 2.05) is 43.3 Å². The molecule has 8 nitrogen and oxygen atoms in total. The lowest BCUT2D eigenvalue weighted by Gasteiger charge is -2.12. The van der Waals surface area contributed by atoms with Crippen LogP contribution in [0.1, 0.15) is 28.4 Å². The Balaban J connectivity index is 0.00000480. The molecule has 0 atom stereocenters. The zero-order valence-electron chi connectivity index (χ0n) is 17.8. The zero-order valence-corrected chi connectivity index (χ0v) is 20.1. The molecule has 0 unspecified atom stereocenters. The first kappa shape index (κ1) is 26.2. The maximum atomic E-state index is 11.8. The van der Waals surface area contributed by atoms with Crippen molar-refractivity contribution < 1.29 is 14.3 Å². The predicted molar refractivity (Wildman–Crippen MR) is 133 cm³/mol. The minimum Gasteiger partial charge on any atom is -0.484 e. The van der Waals surface area contributed by atoms with Crippen LogP contribution in [0.2, 0.25) is 0 Å². The second kappa shape index (κ2) is 14.2. The normalized spacial score (nSPS) is 10.6. The van der Waals surface area contributed by atoms with Crippen LogP contribution in [-0.4, -0.2) is 44.5 Å². The molecule has 0 heterocycles. The van der Waals surface area contributed by atoms with Gasteiger partial charge in [-0.2, -0.15) is 0 Å². The number of aliphatic imine (C=N–C) groups is 1. The molecule has 2 amide bonds. The molecule has 9 heteroatoms. The van der Waals surface area contributed by atoms with E-state index >= 15 is 0 Å². The van der Waals surface area contributed by atoms with Gasteiger partial charge in [-0.1, -0.05) is 24.3 Å². The van der Waals surface area contributed by atoms with Crippen LogP contribution in [0, 0.1) is 0 Å². The van der Waals surface area contributed by atoms with Gasteiger partial charge in [0.15, 0.2) is 12.6 Å². The summed E-state index contributed by atoms with van der Waals surface area (Å²) in [5.74, 6) is 0.665. The van der Waals surface area contributed by atoms with Gasteiger partial charge in [-0.3, -0.25) is 9.59 Å². The first-order chi connectivity index (χ1) is 14.5. The van der Waals surface area contributed by atoms with Gasteiger partial charge in [0.1, 0.15) is 5.75 Å². The number of nitrogens with one attached hydrogen (secondary N) is 3. The van der Waals surface area contributed by atoms with Crippen LogP contribution in [0.25, 0.3) is 0 Å². The minimum absolute atomic E-state index is 0. The fourth-order valence-electron chi connectivity index (χ4n) is 2.74. The molecule has 0 aliphatic carbocycles. The number of primary amides is 1. The average Bonchev–Trinajstić information content (AvgIpc) is 2.76. The molecule has 31 heavy (non-hydrogen) atoms. The van der Waals surface area contributed by atoms with E-state index in [-0.39, 0.29) is 36.5 Å². The number of nitrogens with zero attached hydrogens (tertiary/aromatic N) is 1.